The minimum absolute atomic E-state index is 0.143. The zero-order valence-corrected chi connectivity index (χ0v) is 19.6. The number of aliphatic hydroxyl groups is 1. The third kappa shape index (κ3) is 5.05. The molecule has 2 aromatic heterocycles. The van der Waals surface area contributed by atoms with Crippen molar-refractivity contribution in [3.8, 4) is 5.88 Å². The molecule has 174 valence electrons. The zero-order chi connectivity index (χ0) is 22.8. The average Bonchev–Trinajstić information content (AvgIpc) is 2.83. The molecule has 2 aliphatic rings. The van der Waals surface area contributed by atoms with Gasteiger partial charge in [-0.1, -0.05) is 17.7 Å². The van der Waals surface area contributed by atoms with Crippen LogP contribution in [-0.4, -0.2) is 45.4 Å². The molecule has 1 aliphatic heterocycles. The molecule has 8 heteroatoms. The summed E-state index contributed by atoms with van der Waals surface area (Å²) < 4.78 is 6.31. The van der Waals surface area contributed by atoms with Gasteiger partial charge in [0.25, 0.3) is 0 Å². The third-order valence-corrected chi connectivity index (χ3v) is 7.00. The van der Waals surface area contributed by atoms with Gasteiger partial charge in [-0.3, -0.25) is 0 Å². The van der Waals surface area contributed by atoms with E-state index in [2.05, 4.69) is 15.6 Å². The van der Waals surface area contributed by atoms with E-state index in [0.717, 1.165) is 79.3 Å². The number of rotatable bonds is 5. The molecular formula is C25H30ClN5O2. The third-order valence-electron chi connectivity index (χ3n) is 6.76. The highest BCUT2D eigenvalue weighted by Crippen LogP contribution is 2.38. The molecule has 1 aromatic carbocycles. The minimum Gasteiger partial charge on any atom is -0.474 e. The number of anilines is 2. The Morgan fingerprint density at radius 1 is 1.06 bits per heavy atom. The number of hydrogen-bond acceptors (Lipinski definition) is 7. The van der Waals surface area contributed by atoms with Crippen LogP contribution in [0.1, 0.15) is 55.6 Å². The Balaban J connectivity index is 1.52. The topological polar surface area (TPSA) is 92.2 Å². The standard InChI is InChI=1S/C25H30ClN5O2/c1-15-2-5-17(26)12-22(15)30-25-29-14-21-23(31-25)20(16-3-6-18(32)7-4-16)13-28-24(21)33-19-8-10-27-11-9-19/h2,5,12-14,16,18-19,27,32H,3-4,6-11H2,1H3,(H,29,30,31). The van der Waals surface area contributed by atoms with Crippen molar-refractivity contribution in [3.63, 3.8) is 0 Å². The molecule has 1 aliphatic carbocycles. The first-order chi connectivity index (χ1) is 16.1. The van der Waals surface area contributed by atoms with E-state index in [1.165, 1.54) is 0 Å². The monoisotopic (exact) mass is 467 g/mol. The highest BCUT2D eigenvalue weighted by atomic mass is 35.5. The van der Waals surface area contributed by atoms with Crippen LogP contribution in [0.2, 0.25) is 5.02 Å². The number of pyridine rings is 1. The quantitative estimate of drug-likeness (QED) is 0.492. The number of benzene rings is 1. The molecule has 3 N–H and O–H groups in total. The Bertz CT molecular complexity index is 1130. The smallest absolute Gasteiger partial charge is 0.227 e. The number of aromatic nitrogens is 3. The van der Waals surface area contributed by atoms with E-state index in [1.807, 2.05) is 37.5 Å². The fourth-order valence-corrected chi connectivity index (χ4v) is 4.95. The van der Waals surface area contributed by atoms with Crippen LogP contribution in [0.3, 0.4) is 0 Å². The van der Waals surface area contributed by atoms with Crippen LogP contribution in [0.5, 0.6) is 5.88 Å². The van der Waals surface area contributed by atoms with Gasteiger partial charge in [-0.2, -0.15) is 0 Å². The van der Waals surface area contributed by atoms with Crippen LogP contribution in [-0.2, 0) is 0 Å². The molecule has 33 heavy (non-hydrogen) atoms. The first-order valence-electron chi connectivity index (χ1n) is 11.8. The SMILES string of the molecule is Cc1ccc(Cl)cc1Nc1ncc2c(OC3CCNCC3)ncc(C3CCC(O)CC3)c2n1. The van der Waals surface area contributed by atoms with Crippen LogP contribution in [0, 0.1) is 6.92 Å². The minimum atomic E-state index is -0.208. The van der Waals surface area contributed by atoms with Crippen molar-refractivity contribution >= 4 is 34.1 Å². The molecule has 1 saturated heterocycles. The fraction of sp³-hybridized carbons (Fsp3) is 0.480. The highest BCUT2D eigenvalue weighted by molar-refractivity contribution is 6.30. The largest absolute Gasteiger partial charge is 0.474 e. The lowest BCUT2D eigenvalue weighted by atomic mass is 9.83. The average molecular weight is 468 g/mol. The molecule has 0 spiro atoms. The lowest BCUT2D eigenvalue weighted by molar-refractivity contribution is 0.122. The van der Waals surface area contributed by atoms with E-state index in [0.29, 0.717) is 22.8 Å². The Hall–Kier alpha value is -2.48. The summed E-state index contributed by atoms with van der Waals surface area (Å²) in [6.45, 7) is 3.93. The van der Waals surface area contributed by atoms with E-state index >= 15 is 0 Å². The molecule has 0 atom stereocenters. The summed E-state index contributed by atoms with van der Waals surface area (Å²) in [5.74, 6) is 1.43. The van der Waals surface area contributed by atoms with Gasteiger partial charge in [0.05, 0.1) is 17.0 Å². The van der Waals surface area contributed by atoms with Gasteiger partial charge in [-0.25, -0.2) is 15.0 Å². The first kappa shape index (κ1) is 22.3. The summed E-state index contributed by atoms with van der Waals surface area (Å²) in [7, 11) is 0. The summed E-state index contributed by atoms with van der Waals surface area (Å²) in [6.07, 6.45) is 9.04. The molecule has 0 amide bonds. The second-order valence-corrected chi connectivity index (χ2v) is 9.57. The van der Waals surface area contributed by atoms with Crippen molar-refractivity contribution in [1.82, 2.24) is 20.3 Å². The number of aliphatic hydroxyl groups excluding tert-OH is 1. The lowest BCUT2D eigenvalue weighted by Crippen LogP contribution is -2.34. The summed E-state index contributed by atoms with van der Waals surface area (Å²) in [4.78, 5) is 14.2. The van der Waals surface area contributed by atoms with E-state index in [-0.39, 0.29) is 12.2 Å². The molecule has 3 heterocycles. The van der Waals surface area contributed by atoms with Crippen molar-refractivity contribution in [3.05, 3.63) is 46.7 Å². The van der Waals surface area contributed by atoms with E-state index in [4.69, 9.17) is 26.3 Å². The number of fused-ring (bicyclic) bond motifs is 1. The number of nitrogens with zero attached hydrogens (tertiary/aromatic N) is 3. The number of ether oxygens (including phenoxy) is 1. The van der Waals surface area contributed by atoms with Crippen molar-refractivity contribution in [2.24, 2.45) is 0 Å². The predicted octanol–water partition coefficient (Wildman–Crippen LogP) is 4.88. The lowest BCUT2D eigenvalue weighted by Gasteiger charge is -2.27. The summed E-state index contributed by atoms with van der Waals surface area (Å²) in [6, 6.07) is 5.72. The Morgan fingerprint density at radius 3 is 2.64 bits per heavy atom. The number of hydrogen-bond donors (Lipinski definition) is 3. The van der Waals surface area contributed by atoms with Crippen LogP contribution in [0.4, 0.5) is 11.6 Å². The number of halogens is 1. The van der Waals surface area contributed by atoms with Gasteiger partial charge in [0.2, 0.25) is 11.8 Å². The Labute approximate surface area is 199 Å². The van der Waals surface area contributed by atoms with Crippen molar-refractivity contribution in [2.45, 2.75) is 63.6 Å². The van der Waals surface area contributed by atoms with Gasteiger partial charge in [0.15, 0.2) is 0 Å². The van der Waals surface area contributed by atoms with Gasteiger partial charge < -0.3 is 20.5 Å². The summed E-state index contributed by atoms with van der Waals surface area (Å²) in [5.41, 5.74) is 3.91. The number of nitrogens with one attached hydrogen (secondary N) is 2. The second kappa shape index (κ2) is 9.79. The maximum atomic E-state index is 9.98. The Morgan fingerprint density at radius 2 is 1.85 bits per heavy atom. The first-order valence-corrected chi connectivity index (χ1v) is 12.2. The molecule has 0 bridgehead atoms. The van der Waals surface area contributed by atoms with Gasteiger partial charge in [0, 0.05) is 28.7 Å². The molecule has 7 nitrogen and oxygen atoms in total. The van der Waals surface area contributed by atoms with Crippen molar-refractivity contribution in [2.75, 3.05) is 18.4 Å². The number of piperidine rings is 1. The molecule has 1 saturated carbocycles. The number of aryl methyl sites for hydroxylation is 1. The van der Waals surface area contributed by atoms with Crippen LogP contribution in [0.25, 0.3) is 10.9 Å². The van der Waals surface area contributed by atoms with Crippen LogP contribution in [0.15, 0.2) is 30.6 Å². The van der Waals surface area contributed by atoms with E-state index in [1.54, 1.807) is 0 Å². The molecule has 0 unspecified atom stereocenters. The molecule has 3 aromatic rings. The maximum Gasteiger partial charge on any atom is 0.227 e. The van der Waals surface area contributed by atoms with Gasteiger partial charge in [0.1, 0.15) is 6.10 Å². The summed E-state index contributed by atoms with van der Waals surface area (Å²) in [5, 5.41) is 18.2. The second-order valence-electron chi connectivity index (χ2n) is 9.13. The van der Waals surface area contributed by atoms with Crippen molar-refractivity contribution < 1.29 is 9.84 Å². The molecular weight excluding hydrogens is 438 g/mol. The summed E-state index contributed by atoms with van der Waals surface area (Å²) >= 11 is 6.20. The van der Waals surface area contributed by atoms with Crippen molar-refractivity contribution in [1.29, 1.82) is 0 Å². The van der Waals surface area contributed by atoms with Gasteiger partial charge in [-0.05, 0) is 82.2 Å². The van der Waals surface area contributed by atoms with E-state index < -0.39 is 0 Å². The maximum absolute atomic E-state index is 9.98. The van der Waals surface area contributed by atoms with E-state index in [9.17, 15) is 5.11 Å². The zero-order valence-electron chi connectivity index (χ0n) is 18.9. The Kier molecular flexibility index (Phi) is 6.62. The van der Waals surface area contributed by atoms with Gasteiger partial charge in [-0.15, -0.1) is 0 Å². The van der Waals surface area contributed by atoms with Gasteiger partial charge >= 0.3 is 0 Å². The van der Waals surface area contributed by atoms with Crippen LogP contribution >= 0.6 is 11.6 Å². The van der Waals surface area contributed by atoms with Crippen LogP contribution < -0.4 is 15.4 Å². The predicted molar refractivity (Wildman–Crippen MR) is 131 cm³/mol. The molecule has 2 fully saturated rings. The molecule has 0 radical (unpaired) electrons. The fourth-order valence-electron chi connectivity index (χ4n) is 4.78. The molecule has 5 rings (SSSR count). The normalized spacial score (nSPS) is 21.8. The highest BCUT2D eigenvalue weighted by Gasteiger charge is 2.25.